The fraction of sp³-hybridized carbons (Fsp3) is 0.550. The van der Waals surface area contributed by atoms with Crippen LogP contribution in [0.4, 0.5) is 0 Å². The maximum absolute atomic E-state index is 11.0. The molecule has 1 aliphatic carbocycles. The Bertz CT molecular complexity index is 907. The molecule has 5 atom stereocenters. The molecule has 0 amide bonds. The Balaban J connectivity index is 0.000000388. The van der Waals surface area contributed by atoms with Gasteiger partial charge in [0.25, 0.3) is 0 Å². The van der Waals surface area contributed by atoms with Gasteiger partial charge in [-0.2, -0.15) is 0 Å². The zero-order valence-electron chi connectivity index (χ0n) is 17.2. The number of aromatic nitrogens is 1. The molecule has 9 N–H and O–H groups in total. The highest BCUT2D eigenvalue weighted by Gasteiger charge is 2.45. The van der Waals surface area contributed by atoms with E-state index in [1.807, 2.05) is 0 Å². The second kappa shape index (κ2) is 11.6. The number of nitrogens with one attached hydrogen (secondary N) is 1. The van der Waals surface area contributed by atoms with Gasteiger partial charge in [0.1, 0.15) is 30.2 Å². The highest BCUT2D eigenvalue weighted by atomic mass is 79.9. The number of benzene rings is 1. The molecule has 32 heavy (non-hydrogen) atoms. The number of carbonyl (C=O) groups excluding carboxylic acids is 1. The van der Waals surface area contributed by atoms with Gasteiger partial charge < -0.3 is 50.9 Å². The third-order valence-electron chi connectivity index (χ3n) is 5.47. The van der Waals surface area contributed by atoms with E-state index in [0.29, 0.717) is 20.4 Å². The van der Waals surface area contributed by atoms with E-state index in [1.54, 1.807) is 12.1 Å². The zero-order chi connectivity index (χ0) is 22.7. The Morgan fingerprint density at radius 2 is 1.84 bits per heavy atom. The SMILES string of the molecule is O.O=C([O-])C1OC(Oc2c[nH]c3ccc(Br)c(Cl)c23)C(O)C(O)C1O.[NH3+]C1CCCCC1. The van der Waals surface area contributed by atoms with Gasteiger partial charge in [0.2, 0.25) is 6.29 Å². The minimum atomic E-state index is -1.85. The number of hydrogen-bond donors (Lipinski definition) is 5. The van der Waals surface area contributed by atoms with E-state index in [9.17, 15) is 25.2 Å². The van der Waals surface area contributed by atoms with Gasteiger partial charge in [-0.25, -0.2) is 0 Å². The van der Waals surface area contributed by atoms with Crippen molar-refractivity contribution in [2.24, 2.45) is 0 Å². The van der Waals surface area contributed by atoms with E-state index in [0.717, 1.165) is 6.04 Å². The lowest BCUT2D eigenvalue weighted by Crippen LogP contribution is -2.63. The largest absolute Gasteiger partial charge is 0.547 e. The number of halogens is 2. The lowest BCUT2D eigenvalue weighted by molar-refractivity contribution is -0.425. The standard InChI is InChI=1S/C14H13BrClNO7.C6H13N.H2O/c15-4-1-2-5-7(8(4)16)6(3-17-5)23-14-11(20)9(18)10(19)12(24-14)13(21)22;7-6-4-2-1-3-5-6;/h1-3,9-12,14,17-20H,(H,21,22);6H,1-5,7H2;1H2. The van der Waals surface area contributed by atoms with Crippen LogP contribution in [0.15, 0.2) is 22.8 Å². The van der Waals surface area contributed by atoms with Crippen molar-refractivity contribution >= 4 is 44.4 Å². The predicted molar refractivity (Wildman–Crippen MR) is 117 cm³/mol. The van der Waals surface area contributed by atoms with E-state index in [4.69, 9.17) is 21.1 Å². The van der Waals surface area contributed by atoms with Crippen LogP contribution >= 0.6 is 27.5 Å². The van der Waals surface area contributed by atoms with E-state index >= 15 is 0 Å². The maximum Gasteiger partial charge on any atom is 0.229 e. The van der Waals surface area contributed by atoms with Crippen molar-refractivity contribution in [3.8, 4) is 5.75 Å². The van der Waals surface area contributed by atoms with E-state index in [-0.39, 0.29) is 11.2 Å². The van der Waals surface area contributed by atoms with Crippen LogP contribution in [-0.4, -0.2) is 68.5 Å². The second-order valence-electron chi connectivity index (χ2n) is 7.77. The molecule has 2 aromatic rings. The van der Waals surface area contributed by atoms with Gasteiger partial charge in [-0.3, -0.25) is 0 Å². The number of hydrogen-bond acceptors (Lipinski definition) is 7. The number of fused-ring (bicyclic) bond motifs is 1. The van der Waals surface area contributed by atoms with Gasteiger partial charge >= 0.3 is 0 Å². The summed E-state index contributed by atoms with van der Waals surface area (Å²) in [6, 6.07) is 4.25. The van der Waals surface area contributed by atoms with Crippen molar-refractivity contribution in [1.29, 1.82) is 0 Å². The van der Waals surface area contributed by atoms with Crippen LogP contribution in [0.2, 0.25) is 5.02 Å². The van der Waals surface area contributed by atoms with Crippen LogP contribution < -0.4 is 15.6 Å². The Kier molecular flexibility index (Phi) is 9.73. The average molecular weight is 540 g/mol. The third kappa shape index (κ3) is 5.91. The number of ether oxygens (including phenoxy) is 2. The Morgan fingerprint density at radius 1 is 1.19 bits per heavy atom. The second-order valence-corrected chi connectivity index (χ2v) is 9.01. The molecule has 1 saturated heterocycles. The van der Waals surface area contributed by atoms with Gasteiger partial charge in [0.15, 0.2) is 0 Å². The summed E-state index contributed by atoms with van der Waals surface area (Å²) in [6.07, 6.45) is -0.184. The lowest BCUT2D eigenvalue weighted by atomic mass is 9.97. The van der Waals surface area contributed by atoms with E-state index < -0.39 is 36.7 Å². The first-order chi connectivity index (χ1) is 14.7. The molecule has 0 radical (unpaired) electrons. The summed E-state index contributed by atoms with van der Waals surface area (Å²) in [6.45, 7) is 0. The molecule has 180 valence electrons. The number of aliphatic hydroxyl groups is 3. The quantitative estimate of drug-likeness (QED) is 0.338. The summed E-state index contributed by atoms with van der Waals surface area (Å²) >= 11 is 9.49. The molecule has 1 aliphatic heterocycles. The van der Waals surface area contributed by atoms with Gasteiger partial charge in [0, 0.05) is 10.7 Å². The number of carbonyl (C=O) groups is 1. The van der Waals surface area contributed by atoms with Crippen molar-refractivity contribution < 1.29 is 45.9 Å². The summed E-state index contributed by atoms with van der Waals surface area (Å²) in [5.74, 6) is -1.55. The van der Waals surface area contributed by atoms with Crippen molar-refractivity contribution in [3.05, 3.63) is 27.8 Å². The van der Waals surface area contributed by atoms with Gasteiger partial charge in [-0.1, -0.05) is 18.0 Å². The number of aromatic amines is 1. The fourth-order valence-corrected chi connectivity index (χ4v) is 4.26. The molecule has 0 spiro atoms. The lowest BCUT2D eigenvalue weighted by Gasteiger charge is -2.40. The highest BCUT2D eigenvalue weighted by molar-refractivity contribution is 9.10. The summed E-state index contributed by atoms with van der Waals surface area (Å²) in [4.78, 5) is 13.9. The van der Waals surface area contributed by atoms with Crippen molar-refractivity contribution in [3.63, 3.8) is 0 Å². The first-order valence-electron chi connectivity index (χ1n) is 10.1. The number of carboxylic acid groups (broad SMARTS) is 1. The molecule has 4 rings (SSSR count). The molecular formula is C20H28BrClN2O8. The van der Waals surface area contributed by atoms with Gasteiger partial charge in [-0.05, 0) is 53.7 Å². The van der Waals surface area contributed by atoms with Crippen molar-refractivity contribution in [1.82, 2.24) is 4.98 Å². The molecule has 0 bridgehead atoms. The van der Waals surface area contributed by atoms with Gasteiger partial charge in [0.05, 0.1) is 27.9 Å². The smallest absolute Gasteiger partial charge is 0.229 e. The average Bonchev–Trinajstić information content (AvgIpc) is 3.15. The summed E-state index contributed by atoms with van der Waals surface area (Å²) in [5, 5.41) is 41.2. The number of carboxylic acids is 1. The Hall–Kier alpha value is -1.44. The zero-order valence-corrected chi connectivity index (χ0v) is 19.5. The number of quaternary nitrogens is 1. The predicted octanol–water partition coefficient (Wildman–Crippen LogP) is -0.744. The molecular weight excluding hydrogens is 512 g/mol. The number of H-pyrrole nitrogens is 1. The number of rotatable bonds is 3. The first kappa shape index (κ1) is 26.8. The van der Waals surface area contributed by atoms with E-state index in [1.165, 1.54) is 38.3 Å². The minimum absolute atomic E-state index is 0. The number of aliphatic carboxylic acids is 1. The van der Waals surface area contributed by atoms with Crippen molar-refractivity contribution in [2.75, 3.05) is 0 Å². The molecule has 1 aromatic heterocycles. The van der Waals surface area contributed by atoms with Gasteiger partial charge in [-0.15, -0.1) is 0 Å². The van der Waals surface area contributed by atoms with E-state index in [2.05, 4.69) is 26.6 Å². The summed E-state index contributed by atoms with van der Waals surface area (Å²) in [7, 11) is 0. The number of aliphatic hydroxyl groups excluding tert-OH is 3. The Morgan fingerprint density at radius 3 is 2.41 bits per heavy atom. The third-order valence-corrected chi connectivity index (χ3v) is 6.75. The molecule has 12 heteroatoms. The minimum Gasteiger partial charge on any atom is -0.547 e. The molecule has 5 unspecified atom stereocenters. The molecule has 1 saturated carbocycles. The molecule has 2 aliphatic rings. The van der Waals surface area contributed by atoms with Crippen LogP contribution in [0, 0.1) is 0 Å². The normalized spacial score (nSPS) is 28.4. The van der Waals surface area contributed by atoms with Crippen LogP contribution in [0.1, 0.15) is 32.1 Å². The highest BCUT2D eigenvalue weighted by Crippen LogP contribution is 2.38. The summed E-state index contributed by atoms with van der Waals surface area (Å²) in [5.41, 5.74) is 4.64. The van der Waals surface area contributed by atoms with Crippen LogP contribution in [-0.2, 0) is 9.53 Å². The summed E-state index contributed by atoms with van der Waals surface area (Å²) < 4.78 is 11.1. The topological polar surface area (TPSA) is 194 Å². The fourth-order valence-electron chi connectivity index (χ4n) is 3.67. The molecule has 2 heterocycles. The molecule has 2 fully saturated rings. The Labute approximate surface area is 197 Å². The van der Waals surface area contributed by atoms with Crippen LogP contribution in [0.25, 0.3) is 10.9 Å². The monoisotopic (exact) mass is 538 g/mol. The maximum atomic E-state index is 11.0. The molecule has 1 aromatic carbocycles. The van der Waals surface area contributed by atoms with Crippen LogP contribution in [0.3, 0.4) is 0 Å². The van der Waals surface area contributed by atoms with Crippen molar-refractivity contribution in [2.45, 2.75) is 68.9 Å². The molecule has 10 nitrogen and oxygen atoms in total. The first-order valence-corrected chi connectivity index (χ1v) is 11.2. The van der Waals surface area contributed by atoms with Crippen LogP contribution in [0.5, 0.6) is 5.75 Å².